The molecule has 2 aromatic rings. The van der Waals surface area contributed by atoms with Gasteiger partial charge in [-0.25, -0.2) is 4.79 Å². The van der Waals surface area contributed by atoms with Crippen molar-refractivity contribution in [2.45, 2.75) is 52.0 Å². The standard InChI is InChI=1S/C18H24N4O2/c1-12-8-7-11-15(13(12)2)22-19-16(18(23)24)17(20-22)21(3)14-9-5-4-6-10-14/h7-8,11,14H,4-6,9-10H2,1-3H3,(H,23,24). The Morgan fingerprint density at radius 1 is 1.21 bits per heavy atom. The molecule has 0 radical (unpaired) electrons. The van der Waals surface area contributed by atoms with E-state index in [2.05, 4.69) is 10.2 Å². The predicted molar refractivity (Wildman–Crippen MR) is 93.1 cm³/mol. The van der Waals surface area contributed by atoms with E-state index >= 15 is 0 Å². The molecule has 1 fully saturated rings. The van der Waals surface area contributed by atoms with Gasteiger partial charge in [0.25, 0.3) is 0 Å². The van der Waals surface area contributed by atoms with E-state index in [4.69, 9.17) is 0 Å². The molecule has 1 aromatic heterocycles. The summed E-state index contributed by atoms with van der Waals surface area (Å²) in [6, 6.07) is 6.21. The predicted octanol–water partition coefficient (Wildman–Crippen LogP) is 3.35. The van der Waals surface area contributed by atoms with Crippen LogP contribution in [0.2, 0.25) is 0 Å². The van der Waals surface area contributed by atoms with Crippen molar-refractivity contribution in [2.75, 3.05) is 11.9 Å². The molecule has 0 atom stereocenters. The molecule has 128 valence electrons. The number of carboxylic acid groups (broad SMARTS) is 1. The highest BCUT2D eigenvalue weighted by Gasteiger charge is 2.27. The van der Waals surface area contributed by atoms with E-state index in [-0.39, 0.29) is 5.69 Å². The summed E-state index contributed by atoms with van der Waals surface area (Å²) in [6.07, 6.45) is 5.77. The van der Waals surface area contributed by atoms with Crippen molar-refractivity contribution in [3.63, 3.8) is 0 Å². The second-order valence-electron chi connectivity index (χ2n) is 6.59. The number of carbonyl (C=O) groups is 1. The molecule has 1 aromatic carbocycles. The lowest BCUT2D eigenvalue weighted by molar-refractivity contribution is 0.0690. The van der Waals surface area contributed by atoms with Crippen molar-refractivity contribution in [2.24, 2.45) is 0 Å². The van der Waals surface area contributed by atoms with Gasteiger partial charge >= 0.3 is 5.97 Å². The number of anilines is 1. The summed E-state index contributed by atoms with van der Waals surface area (Å²) in [5, 5.41) is 18.3. The average Bonchev–Trinajstić information content (AvgIpc) is 3.03. The first-order chi connectivity index (χ1) is 11.5. The van der Waals surface area contributed by atoms with Gasteiger partial charge in [0, 0.05) is 13.1 Å². The second kappa shape index (κ2) is 6.63. The maximum atomic E-state index is 11.7. The van der Waals surface area contributed by atoms with Crippen LogP contribution < -0.4 is 4.90 Å². The Morgan fingerprint density at radius 3 is 2.58 bits per heavy atom. The van der Waals surface area contributed by atoms with Gasteiger partial charge in [-0.05, 0) is 43.9 Å². The van der Waals surface area contributed by atoms with Crippen molar-refractivity contribution < 1.29 is 9.90 Å². The largest absolute Gasteiger partial charge is 0.476 e. The fourth-order valence-corrected chi connectivity index (χ4v) is 3.38. The number of hydrogen-bond acceptors (Lipinski definition) is 4. The van der Waals surface area contributed by atoms with Gasteiger partial charge in [0.2, 0.25) is 5.69 Å². The summed E-state index contributed by atoms with van der Waals surface area (Å²) in [4.78, 5) is 15.1. The van der Waals surface area contributed by atoms with Crippen LogP contribution in [0.1, 0.15) is 53.7 Å². The van der Waals surface area contributed by atoms with Crippen molar-refractivity contribution in [3.05, 3.63) is 35.0 Å². The van der Waals surface area contributed by atoms with E-state index in [9.17, 15) is 9.90 Å². The van der Waals surface area contributed by atoms with Crippen LogP contribution in [0.3, 0.4) is 0 Å². The van der Waals surface area contributed by atoms with Crippen molar-refractivity contribution in [1.82, 2.24) is 15.0 Å². The first kappa shape index (κ1) is 16.5. The minimum atomic E-state index is -1.04. The second-order valence-corrected chi connectivity index (χ2v) is 6.59. The summed E-state index contributed by atoms with van der Waals surface area (Å²) < 4.78 is 0. The molecule has 0 saturated heterocycles. The molecule has 0 aliphatic heterocycles. The molecule has 6 heteroatoms. The third-order valence-corrected chi connectivity index (χ3v) is 5.05. The van der Waals surface area contributed by atoms with E-state index in [0.29, 0.717) is 11.9 Å². The summed E-state index contributed by atoms with van der Waals surface area (Å²) in [5.74, 6) is -0.584. The number of aryl methyl sites for hydroxylation is 1. The Morgan fingerprint density at radius 2 is 1.92 bits per heavy atom. The highest BCUT2D eigenvalue weighted by Crippen LogP contribution is 2.27. The van der Waals surface area contributed by atoms with Crippen LogP contribution in [-0.2, 0) is 0 Å². The van der Waals surface area contributed by atoms with Gasteiger partial charge < -0.3 is 10.0 Å². The number of aromatic carboxylic acids is 1. The van der Waals surface area contributed by atoms with Crippen LogP contribution in [-0.4, -0.2) is 39.2 Å². The van der Waals surface area contributed by atoms with Crippen LogP contribution in [0.25, 0.3) is 5.69 Å². The zero-order valence-corrected chi connectivity index (χ0v) is 14.5. The van der Waals surface area contributed by atoms with E-state index in [1.54, 1.807) is 0 Å². The van der Waals surface area contributed by atoms with Crippen LogP contribution in [0.4, 0.5) is 5.82 Å². The average molecular weight is 328 g/mol. The maximum Gasteiger partial charge on any atom is 0.360 e. The monoisotopic (exact) mass is 328 g/mol. The lowest BCUT2D eigenvalue weighted by Gasteiger charge is -2.31. The number of benzene rings is 1. The molecule has 1 saturated carbocycles. The Balaban J connectivity index is 2.01. The summed E-state index contributed by atoms with van der Waals surface area (Å²) >= 11 is 0. The first-order valence-electron chi connectivity index (χ1n) is 8.49. The van der Waals surface area contributed by atoms with E-state index in [0.717, 1.165) is 29.7 Å². The van der Waals surface area contributed by atoms with Crippen molar-refractivity contribution in [1.29, 1.82) is 0 Å². The number of nitrogens with zero attached hydrogens (tertiary/aromatic N) is 4. The molecule has 1 aliphatic rings. The summed E-state index contributed by atoms with van der Waals surface area (Å²) in [5.41, 5.74) is 3.02. The maximum absolute atomic E-state index is 11.7. The molecule has 1 heterocycles. The van der Waals surface area contributed by atoms with Gasteiger partial charge in [-0.2, -0.15) is 0 Å². The van der Waals surface area contributed by atoms with Crippen LogP contribution in [0.15, 0.2) is 18.2 Å². The lowest BCUT2D eigenvalue weighted by atomic mass is 9.94. The first-order valence-corrected chi connectivity index (χ1v) is 8.49. The fraction of sp³-hybridized carbons (Fsp3) is 0.500. The molecule has 1 N–H and O–H groups in total. The number of hydrogen-bond donors (Lipinski definition) is 1. The Hall–Kier alpha value is -2.37. The molecular formula is C18H24N4O2. The molecule has 1 aliphatic carbocycles. The molecule has 0 amide bonds. The van der Waals surface area contributed by atoms with Gasteiger partial charge in [-0.3, -0.25) is 0 Å². The smallest absolute Gasteiger partial charge is 0.360 e. The van der Waals surface area contributed by atoms with Gasteiger partial charge in [0.05, 0.1) is 5.69 Å². The minimum Gasteiger partial charge on any atom is -0.476 e. The molecule has 0 unspecified atom stereocenters. The van der Waals surface area contributed by atoms with Crippen LogP contribution in [0, 0.1) is 13.8 Å². The molecule has 24 heavy (non-hydrogen) atoms. The zero-order valence-electron chi connectivity index (χ0n) is 14.5. The zero-order chi connectivity index (χ0) is 17.3. The van der Waals surface area contributed by atoms with Crippen LogP contribution >= 0.6 is 0 Å². The van der Waals surface area contributed by atoms with E-state index in [1.165, 1.54) is 24.1 Å². The van der Waals surface area contributed by atoms with Gasteiger partial charge in [0.15, 0.2) is 5.82 Å². The molecule has 3 rings (SSSR count). The number of carboxylic acids is 1. The summed E-state index contributed by atoms with van der Waals surface area (Å²) in [7, 11) is 1.93. The summed E-state index contributed by atoms with van der Waals surface area (Å²) in [6.45, 7) is 4.02. The molecule has 0 bridgehead atoms. The van der Waals surface area contributed by atoms with Gasteiger partial charge in [-0.15, -0.1) is 15.0 Å². The van der Waals surface area contributed by atoms with Gasteiger partial charge in [-0.1, -0.05) is 31.4 Å². The Bertz CT molecular complexity index is 747. The molecule has 0 spiro atoms. The minimum absolute atomic E-state index is 0.0176. The Kier molecular flexibility index (Phi) is 4.55. The normalized spacial score (nSPS) is 15.5. The Labute approximate surface area is 142 Å². The van der Waals surface area contributed by atoms with Gasteiger partial charge in [0.1, 0.15) is 0 Å². The quantitative estimate of drug-likeness (QED) is 0.932. The topological polar surface area (TPSA) is 71.2 Å². The van der Waals surface area contributed by atoms with Crippen molar-refractivity contribution >= 4 is 11.8 Å². The van der Waals surface area contributed by atoms with E-state index < -0.39 is 5.97 Å². The molecule has 6 nitrogen and oxygen atoms in total. The highest BCUT2D eigenvalue weighted by atomic mass is 16.4. The number of aromatic nitrogens is 3. The molecular weight excluding hydrogens is 304 g/mol. The van der Waals surface area contributed by atoms with Crippen LogP contribution in [0.5, 0.6) is 0 Å². The number of rotatable bonds is 4. The third kappa shape index (κ3) is 3.00. The van der Waals surface area contributed by atoms with E-state index in [1.807, 2.05) is 44.0 Å². The third-order valence-electron chi connectivity index (χ3n) is 5.05. The fourth-order valence-electron chi connectivity index (χ4n) is 3.38. The lowest BCUT2D eigenvalue weighted by Crippen LogP contribution is -2.34. The van der Waals surface area contributed by atoms with Crippen molar-refractivity contribution in [3.8, 4) is 5.69 Å². The highest BCUT2D eigenvalue weighted by molar-refractivity contribution is 5.91. The SMILES string of the molecule is Cc1cccc(-n2nc(C(=O)O)c(N(C)C3CCCCC3)n2)c1C.